The van der Waals surface area contributed by atoms with Crippen molar-refractivity contribution in [1.82, 2.24) is 0 Å². The molecule has 0 fully saturated rings. The van der Waals surface area contributed by atoms with Crippen molar-refractivity contribution < 1.29 is 42.3 Å². The summed E-state index contributed by atoms with van der Waals surface area (Å²) in [6.07, 6.45) is 1.78. The van der Waals surface area contributed by atoms with E-state index in [1.807, 2.05) is 6.07 Å². The molecule has 0 amide bonds. The van der Waals surface area contributed by atoms with Crippen molar-refractivity contribution in [2.45, 2.75) is 6.92 Å². The van der Waals surface area contributed by atoms with E-state index < -0.39 is 0 Å². The van der Waals surface area contributed by atoms with Crippen LogP contribution in [-0.4, -0.2) is 12.1 Å². The van der Waals surface area contributed by atoms with Gasteiger partial charge in [-0.25, -0.2) is 0 Å². The van der Waals surface area contributed by atoms with Gasteiger partial charge in [-0.05, 0) is 12.7 Å². The van der Waals surface area contributed by atoms with Crippen LogP contribution in [0.3, 0.4) is 0 Å². The van der Waals surface area contributed by atoms with Crippen LogP contribution in [0.2, 0.25) is 0 Å². The molecule has 0 heterocycles. The number of benzene rings is 1. The van der Waals surface area contributed by atoms with Gasteiger partial charge in [0.05, 0.1) is 6.29 Å². The zero-order valence-electron chi connectivity index (χ0n) is 7.49. The molecule has 0 aliphatic heterocycles. The van der Waals surface area contributed by atoms with Crippen LogP contribution in [0.4, 0.5) is 0 Å². The first-order chi connectivity index (χ1) is 5.66. The van der Waals surface area contributed by atoms with Crippen LogP contribution < -0.4 is 0 Å². The summed E-state index contributed by atoms with van der Waals surface area (Å²) in [5.41, 5.74) is 0.604. The van der Waals surface area contributed by atoms with E-state index in [1.165, 1.54) is 6.92 Å². The molecule has 3 heteroatoms. The maximum Gasteiger partial charge on any atom is 0.0627 e. The van der Waals surface area contributed by atoms with Gasteiger partial charge >= 0.3 is 0 Å². The second-order valence-electron chi connectivity index (χ2n) is 2.17. The molecule has 67 valence electrons. The predicted octanol–water partition coefficient (Wildman–Crippen LogP) is 1.55. The standard InChI is InChI=1S/C7H5O.C3H5O.Y/c8-6-7-4-2-1-3-5-7;1-3(2)4;/h1-5H;1H2,2H3;/q2*-1;. The van der Waals surface area contributed by atoms with Gasteiger partial charge in [0.25, 0.3) is 0 Å². The molecule has 1 aromatic rings. The van der Waals surface area contributed by atoms with Crippen LogP contribution in [-0.2, 0) is 42.3 Å². The molecular weight excluding hydrogens is 241 g/mol. The van der Waals surface area contributed by atoms with Crippen molar-refractivity contribution in [3.63, 3.8) is 0 Å². The summed E-state index contributed by atoms with van der Waals surface area (Å²) in [6.45, 7) is 4.42. The zero-order valence-corrected chi connectivity index (χ0v) is 10.3. The Hall–Kier alpha value is -0.466. The van der Waals surface area contributed by atoms with Crippen molar-refractivity contribution in [3.05, 3.63) is 42.8 Å². The quantitative estimate of drug-likeness (QED) is 0.709. The van der Waals surface area contributed by atoms with Gasteiger partial charge in [0, 0.05) is 32.7 Å². The molecule has 0 unspecified atom stereocenters. The van der Waals surface area contributed by atoms with E-state index in [-0.39, 0.29) is 38.5 Å². The molecule has 1 aromatic carbocycles. The van der Waals surface area contributed by atoms with Crippen molar-refractivity contribution in [1.29, 1.82) is 0 Å². The summed E-state index contributed by atoms with van der Waals surface area (Å²) >= 11 is 0. The van der Waals surface area contributed by atoms with Gasteiger partial charge in [-0.15, -0.1) is 12.1 Å². The summed E-state index contributed by atoms with van der Waals surface area (Å²) < 4.78 is 0. The Kier molecular flexibility index (Phi) is 11.1. The molecule has 0 aliphatic rings. The number of Topliss-reactive ketones (excluding diaryl/α,β-unsaturated/α-hetero) is 1. The number of ketones is 1. The third-order valence-corrected chi connectivity index (χ3v) is 0.892. The summed E-state index contributed by atoms with van der Waals surface area (Å²) in [6, 6.07) is 8.90. The number of rotatable bonds is 1. The van der Waals surface area contributed by atoms with Gasteiger partial charge in [-0.1, -0.05) is 6.07 Å². The Morgan fingerprint density at radius 2 is 1.69 bits per heavy atom. The molecule has 2 nitrogen and oxygen atoms in total. The fraction of sp³-hybridized carbons (Fsp3) is 0.100. The average molecular weight is 251 g/mol. The smallest absolute Gasteiger partial charge is 0.0627 e. The van der Waals surface area contributed by atoms with Crippen molar-refractivity contribution in [2.75, 3.05) is 0 Å². The SMILES string of the molecule is O=[C-]c1ccccc1.[CH2-]C(C)=O.[Y]. The van der Waals surface area contributed by atoms with E-state index in [2.05, 4.69) is 6.92 Å². The first-order valence-electron chi connectivity index (χ1n) is 3.42. The topological polar surface area (TPSA) is 34.1 Å². The average Bonchev–Trinajstić information content (AvgIpc) is 2.05. The zero-order chi connectivity index (χ0) is 9.40. The van der Waals surface area contributed by atoms with E-state index in [9.17, 15) is 9.59 Å². The molecule has 1 radical (unpaired) electrons. The minimum absolute atomic E-state index is 0. The molecule has 0 spiro atoms. The Morgan fingerprint density at radius 1 is 1.31 bits per heavy atom. The maximum absolute atomic E-state index is 9.88. The van der Waals surface area contributed by atoms with Gasteiger partial charge in [0.15, 0.2) is 0 Å². The predicted molar refractivity (Wildman–Crippen MR) is 47.3 cm³/mol. The minimum Gasteiger partial charge on any atom is -0.376 e. The van der Waals surface area contributed by atoms with Crippen LogP contribution in [0, 0.1) is 6.92 Å². The maximum atomic E-state index is 9.88. The Labute approximate surface area is 104 Å². The Bertz CT molecular complexity index is 240. The molecule has 1 rings (SSSR count). The van der Waals surface area contributed by atoms with Crippen LogP contribution in [0.15, 0.2) is 30.3 Å². The molecule has 0 aromatic heterocycles. The van der Waals surface area contributed by atoms with Crippen molar-refractivity contribution in [3.8, 4) is 0 Å². The molecule has 0 bridgehead atoms. The number of hydrogen-bond acceptors (Lipinski definition) is 2. The summed E-state index contributed by atoms with van der Waals surface area (Å²) in [5, 5.41) is 0. The molecule has 13 heavy (non-hydrogen) atoms. The molecule has 0 atom stereocenters. The van der Waals surface area contributed by atoms with Gasteiger partial charge < -0.3 is 16.5 Å². The van der Waals surface area contributed by atoms with Gasteiger partial charge in [0.2, 0.25) is 0 Å². The molecule has 0 saturated carbocycles. The summed E-state index contributed by atoms with van der Waals surface area (Å²) in [4.78, 5) is 19.2. The Morgan fingerprint density at radius 3 is 1.92 bits per heavy atom. The van der Waals surface area contributed by atoms with Crippen LogP contribution in [0.1, 0.15) is 12.5 Å². The molecular formula is C10H10O2Y-2. The third-order valence-electron chi connectivity index (χ3n) is 0.892. The molecule has 0 aliphatic carbocycles. The fourth-order valence-corrected chi connectivity index (χ4v) is 0.506. The number of carbonyl (C=O) groups is 1. The first-order valence-corrected chi connectivity index (χ1v) is 3.42. The van der Waals surface area contributed by atoms with E-state index in [0.29, 0.717) is 5.56 Å². The van der Waals surface area contributed by atoms with Crippen LogP contribution in [0.5, 0.6) is 0 Å². The largest absolute Gasteiger partial charge is 0.376 e. The molecule has 0 N–H and O–H groups in total. The fourth-order valence-electron chi connectivity index (χ4n) is 0.506. The van der Waals surface area contributed by atoms with E-state index in [1.54, 1.807) is 30.6 Å². The van der Waals surface area contributed by atoms with Gasteiger partial charge in [-0.2, -0.15) is 17.7 Å². The first kappa shape index (κ1) is 15.0. The van der Waals surface area contributed by atoms with E-state index in [0.717, 1.165) is 0 Å². The molecule has 0 saturated heterocycles. The van der Waals surface area contributed by atoms with Crippen LogP contribution >= 0.6 is 0 Å². The monoisotopic (exact) mass is 251 g/mol. The summed E-state index contributed by atoms with van der Waals surface area (Å²) in [7, 11) is 0. The van der Waals surface area contributed by atoms with Gasteiger partial charge in [-0.3, -0.25) is 0 Å². The van der Waals surface area contributed by atoms with Gasteiger partial charge in [0.1, 0.15) is 0 Å². The van der Waals surface area contributed by atoms with E-state index >= 15 is 0 Å². The Balaban J connectivity index is 0. The summed E-state index contributed by atoms with van der Waals surface area (Å²) in [5.74, 6) is -0.0833. The van der Waals surface area contributed by atoms with E-state index in [4.69, 9.17) is 0 Å². The minimum atomic E-state index is -0.0833. The number of carbonyl (C=O) groups excluding carboxylic acids is 2. The van der Waals surface area contributed by atoms with Crippen LogP contribution in [0.25, 0.3) is 0 Å². The second kappa shape index (κ2) is 9.62. The van der Waals surface area contributed by atoms with Crippen molar-refractivity contribution >= 4 is 12.1 Å². The van der Waals surface area contributed by atoms with Crippen molar-refractivity contribution in [2.24, 2.45) is 0 Å². The normalized spacial score (nSPS) is 7.15. The third kappa shape index (κ3) is 11.5. The second-order valence-corrected chi connectivity index (χ2v) is 2.17. The number of hydrogen-bond donors (Lipinski definition) is 0.